The Morgan fingerprint density at radius 1 is 0.500 bits per heavy atom. The molecule has 4 bridgehead atoms. The maximum atomic E-state index is 1.60. The SMILES string of the molecule is C.C1C2CC3CC1CC(C2)C3.N. The van der Waals surface area contributed by atoms with Crippen LogP contribution in [0.1, 0.15) is 46.0 Å². The van der Waals surface area contributed by atoms with Crippen LogP contribution in [0.5, 0.6) is 0 Å². The van der Waals surface area contributed by atoms with Gasteiger partial charge >= 0.3 is 0 Å². The van der Waals surface area contributed by atoms with Crippen LogP contribution in [-0.4, -0.2) is 0 Å². The molecule has 4 aliphatic carbocycles. The molecule has 4 rings (SSSR count). The predicted molar refractivity (Wildman–Crippen MR) is 53.4 cm³/mol. The minimum atomic E-state index is 0. The summed E-state index contributed by atoms with van der Waals surface area (Å²) >= 11 is 0. The molecule has 0 spiro atoms. The van der Waals surface area contributed by atoms with E-state index < -0.39 is 0 Å². The summed E-state index contributed by atoms with van der Waals surface area (Å²) in [4.78, 5) is 0. The lowest BCUT2D eigenvalue weighted by molar-refractivity contribution is 0.0198. The smallest absolute Gasteiger partial charge is 0.0406 e. The fourth-order valence-corrected chi connectivity index (χ4v) is 3.98. The fourth-order valence-electron chi connectivity index (χ4n) is 3.98. The van der Waals surface area contributed by atoms with Crippen LogP contribution >= 0.6 is 0 Å². The van der Waals surface area contributed by atoms with Gasteiger partial charge in [0.15, 0.2) is 0 Å². The van der Waals surface area contributed by atoms with E-state index in [0.29, 0.717) is 0 Å². The maximum absolute atomic E-state index is 1.60. The quantitative estimate of drug-likeness (QED) is 0.590. The van der Waals surface area contributed by atoms with Crippen LogP contribution < -0.4 is 6.15 Å². The van der Waals surface area contributed by atoms with Crippen LogP contribution in [0.15, 0.2) is 0 Å². The molecule has 72 valence electrons. The van der Waals surface area contributed by atoms with Crippen LogP contribution in [0, 0.1) is 23.7 Å². The molecular weight excluding hydrogens is 146 g/mol. The molecule has 0 amide bonds. The Morgan fingerprint density at radius 3 is 0.833 bits per heavy atom. The Hall–Kier alpha value is -0.0400. The first-order valence-corrected chi connectivity index (χ1v) is 4.90. The van der Waals surface area contributed by atoms with Gasteiger partial charge < -0.3 is 6.15 Å². The Morgan fingerprint density at radius 2 is 0.667 bits per heavy atom. The zero-order valence-corrected chi connectivity index (χ0v) is 7.26. The van der Waals surface area contributed by atoms with Crippen LogP contribution in [0.3, 0.4) is 0 Å². The van der Waals surface area contributed by atoms with Crippen molar-refractivity contribution in [2.45, 2.75) is 46.0 Å². The number of rotatable bonds is 0. The van der Waals surface area contributed by atoms with E-state index in [2.05, 4.69) is 0 Å². The van der Waals surface area contributed by atoms with Crippen molar-refractivity contribution < 1.29 is 0 Å². The van der Waals surface area contributed by atoms with Gasteiger partial charge in [0.05, 0.1) is 0 Å². The van der Waals surface area contributed by atoms with Gasteiger partial charge in [-0.15, -0.1) is 0 Å². The van der Waals surface area contributed by atoms with Gasteiger partial charge in [0, 0.05) is 0 Å². The first-order valence-electron chi connectivity index (χ1n) is 4.90. The van der Waals surface area contributed by atoms with Crippen molar-refractivity contribution in [3.8, 4) is 0 Å². The summed E-state index contributed by atoms with van der Waals surface area (Å²) in [6.45, 7) is 0. The standard InChI is InChI=1S/C10H16.CH4.H3N/c1-7-2-9-4-8(1)5-10(3-7)6-9;;/h7-10H,1-6H2;1H4;1H3. The second-order valence-corrected chi connectivity index (χ2v) is 4.88. The van der Waals surface area contributed by atoms with Crippen molar-refractivity contribution in [2.75, 3.05) is 0 Å². The Bertz CT molecular complexity index is 96.6. The molecule has 0 radical (unpaired) electrons. The minimum Gasteiger partial charge on any atom is -0.344 e. The molecule has 0 aromatic heterocycles. The summed E-state index contributed by atoms with van der Waals surface area (Å²) in [7, 11) is 0. The fraction of sp³-hybridized carbons (Fsp3) is 1.00. The Balaban J connectivity index is 0.000000360. The van der Waals surface area contributed by atoms with Crippen molar-refractivity contribution in [1.29, 1.82) is 0 Å². The first kappa shape index (κ1) is 10.0. The van der Waals surface area contributed by atoms with Gasteiger partial charge in [0.2, 0.25) is 0 Å². The average Bonchev–Trinajstić information content (AvgIpc) is 1.82. The number of hydrogen-bond acceptors (Lipinski definition) is 1. The van der Waals surface area contributed by atoms with E-state index in [-0.39, 0.29) is 13.6 Å². The highest BCUT2D eigenvalue weighted by atomic mass is 14.5. The summed E-state index contributed by atoms with van der Waals surface area (Å²) < 4.78 is 0. The molecule has 0 atom stereocenters. The maximum Gasteiger partial charge on any atom is -0.0406 e. The second kappa shape index (κ2) is 3.37. The Labute approximate surface area is 76.5 Å². The average molecular weight is 169 g/mol. The van der Waals surface area contributed by atoms with Crippen LogP contribution in [0.25, 0.3) is 0 Å². The summed E-state index contributed by atoms with van der Waals surface area (Å²) in [5.74, 6) is 4.71. The third kappa shape index (κ3) is 1.39. The van der Waals surface area contributed by atoms with E-state index in [1.54, 1.807) is 38.5 Å². The summed E-state index contributed by atoms with van der Waals surface area (Å²) in [5, 5.41) is 0. The van der Waals surface area contributed by atoms with Crippen molar-refractivity contribution in [3.63, 3.8) is 0 Å². The molecule has 0 aromatic rings. The third-order valence-electron chi connectivity index (χ3n) is 4.00. The molecule has 3 N–H and O–H groups in total. The van der Waals surface area contributed by atoms with Crippen molar-refractivity contribution in [1.82, 2.24) is 6.15 Å². The normalized spacial score (nSPS) is 48.0. The molecule has 1 heteroatoms. The van der Waals surface area contributed by atoms with Gasteiger partial charge in [-0.05, 0) is 62.2 Å². The van der Waals surface area contributed by atoms with E-state index in [4.69, 9.17) is 0 Å². The van der Waals surface area contributed by atoms with Crippen LogP contribution in [0.2, 0.25) is 0 Å². The minimum absolute atomic E-state index is 0. The van der Waals surface area contributed by atoms with Crippen LogP contribution in [-0.2, 0) is 0 Å². The van der Waals surface area contributed by atoms with Crippen LogP contribution in [0.4, 0.5) is 0 Å². The van der Waals surface area contributed by atoms with E-state index >= 15 is 0 Å². The van der Waals surface area contributed by atoms with Gasteiger partial charge in [-0.1, -0.05) is 7.43 Å². The first-order chi connectivity index (χ1) is 4.90. The summed E-state index contributed by atoms with van der Waals surface area (Å²) in [6.07, 6.45) is 9.62. The monoisotopic (exact) mass is 169 g/mol. The molecule has 4 saturated carbocycles. The molecule has 1 nitrogen and oxygen atoms in total. The zero-order chi connectivity index (χ0) is 6.55. The third-order valence-corrected chi connectivity index (χ3v) is 4.00. The molecule has 4 fully saturated rings. The van der Waals surface area contributed by atoms with E-state index in [0.717, 1.165) is 0 Å². The van der Waals surface area contributed by atoms with Crippen molar-refractivity contribution in [2.24, 2.45) is 23.7 Å². The van der Waals surface area contributed by atoms with Gasteiger partial charge in [-0.2, -0.15) is 0 Å². The topological polar surface area (TPSA) is 35.0 Å². The van der Waals surface area contributed by atoms with Gasteiger partial charge in [-0.25, -0.2) is 0 Å². The Kier molecular flexibility index (Phi) is 2.82. The van der Waals surface area contributed by atoms with Crippen molar-refractivity contribution >= 4 is 0 Å². The van der Waals surface area contributed by atoms with E-state index in [9.17, 15) is 0 Å². The lowest BCUT2D eigenvalue weighted by atomic mass is 9.56. The molecule has 12 heavy (non-hydrogen) atoms. The molecule has 0 heterocycles. The lowest BCUT2D eigenvalue weighted by Crippen LogP contribution is -2.38. The second-order valence-electron chi connectivity index (χ2n) is 4.88. The molecule has 0 saturated heterocycles. The molecule has 0 unspecified atom stereocenters. The highest BCUT2D eigenvalue weighted by molar-refractivity contribution is 4.92. The van der Waals surface area contributed by atoms with E-state index in [1.807, 2.05) is 0 Å². The van der Waals surface area contributed by atoms with Crippen molar-refractivity contribution in [3.05, 3.63) is 0 Å². The van der Waals surface area contributed by atoms with Gasteiger partial charge in [0.1, 0.15) is 0 Å². The van der Waals surface area contributed by atoms with Gasteiger partial charge in [0.25, 0.3) is 0 Å². The number of hydrogen-bond donors (Lipinski definition) is 1. The zero-order valence-electron chi connectivity index (χ0n) is 7.26. The highest BCUT2D eigenvalue weighted by Gasteiger charge is 2.41. The molecule has 0 aromatic carbocycles. The predicted octanol–water partition coefficient (Wildman–Crippen LogP) is 3.63. The molecule has 4 aliphatic rings. The van der Waals surface area contributed by atoms with Gasteiger partial charge in [-0.3, -0.25) is 0 Å². The molecule has 0 aliphatic heterocycles. The molecular formula is C11H23N. The summed E-state index contributed by atoms with van der Waals surface area (Å²) in [5.41, 5.74) is 0. The largest absolute Gasteiger partial charge is 0.344 e. The summed E-state index contributed by atoms with van der Waals surface area (Å²) in [6, 6.07) is 0. The van der Waals surface area contributed by atoms with E-state index in [1.165, 1.54) is 23.7 Å². The highest BCUT2D eigenvalue weighted by Crippen LogP contribution is 2.53. The lowest BCUT2D eigenvalue weighted by Gasteiger charge is -2.49.